The highest BCUT2D eigenvalue weighted by molar-refractivity contribution is 7.88. The first kappa shape index (κ1) is 13.0. The molecule has 0 amide bonds. The first-order valence-electron chi connectivity index (χ1n) is 5.06. The molecule has 90 valence electrons. The van der Waals surface area contributed by atoms with Gasteiger partial charge in [0.25, 0.3) is 0 Å². The lowest BCUT2D eigenvalue weighted by molar-refractivity contribution is 0.414. The summed E-state index contributed by atoms with van der Waals surface area (Å²) < 4.78 is 30.8. The molecule has 0 bridgehead atoms. The minimum absolute atomic E-state index is 0.00479. The molecular formula is C11H17NO3S. The Bertz CT molecular complexity index is 423. The fraction of sp³-hybridized carbons (Fsp3) is 0.455. The molecule has 0 atom stereocenters. The summed E-state index contributed by atoms with van der Waals surface area (Å²) in [6, 6.07) is 6.92. The van der Waals surface area contributed by atoms with Crippen molar-refractivity contribution >= 4 is 10.0 Å². The molecule has 0 aliphatic carbocycles. The Kier molecular flexibility index (Phi) is 4.32. The van der Waals surface area contributed by atoms with E-state index in [0.29, 0.717) is 0 Å². The molecule has 0 heterocycles. The van der Waals surface area contributed by atoms with Crippen LogP contribution in [0.3, 0.4) is 0 Å². The molecule has 0 spiro atoms. The minimum atomic E-state index is -3.24. The molecule has 16 heavy (non-hydrogen) atoms. The van der Waals surface area contributed by atoms with E-state index in [2.05, 4.69) is 4.72 Å². The van der Waals surface area contributed by atoms with Crippen molar-refractivity contribution in [3.8, 4) is 5.75 Å². The number of hydrogen-bond donors (Lipinski definition) is 1. The van der Waals surface area contributed by atoms with Crippen molar-refractivity contribution in [3.05, 3.63) is 29.8 Å². The van der Waals surface area contributed by atoms with E-state index in [1.807, 2.05) is 0 Å². The van der Waals surface area contributed by atoms with Gasteiger partial charge in [-0.2, -0.15) is 0 Å². The van der Waals surface area contributed by atoms with Crippen LogP contribution in [0.5, 0.6) is 5.75 Å². The molecule has 0 radical (unpaired) electrons. The molecule has 0 aliphatic heterocycles. The highest BCUT2D eigenvalue weighted by Gasteiger charge is 2.12. The molecule has 1 N–H and O–H groups in total. The smallest absolute Gasteiger partial charge is 0.216 e. The van der Waals surface area contributed by atoms with Crippen LogP contribution in [0.1, 0.15) is 19.4 Å². The first-order valence-corrected chi connectivity index (χ1v) is 6.71. The maximum Gasteiger partial charge on any atom is 0.216 e. The summed E-state index contributed by atoms with van der Waals surface area (Å²) in [5, 5.41) is 0. The predicted octanol–water partition coefficient (Wildman–Crippen LogP) is 1.52. The molecule has 0 aliphatic rings. The molecule has 5 heteroatoms. The molecule has 0 saturated carbocycles. The largest absolute Gasteiger partial charge is 0.497 e. The monoisotopic (exact) mass is 243 g/mol. The third-order valence-corrected chi connectivity index (χ3v) is 3.47. The van der Waals surface area contributed by atoms with Crippen molar-refractivity contribution in [1.82, 2.24) is 4.72 Å². The van der Waals surface area contributed by atoms with Crippen LogP contribution in [0.4, 0.5) is 0 Å². The maximum atomic E-state index is 11.6. The summed E-state index contributed by atoms with van der Waals surface area (Å²) in [5.74, 6) is 0.716. The average molecular weight is 243 g/mol. The van der Waals surface area contributed by atoms with Gasteiger partial charge in [0, 0.05) is 6.04 Å². The number of ether oxygens (including phenoxy) is 1. The van der Waals surface area contributed by atoms with Crippen LogP contribution in [-0.2, 0) is 15.8 Å². The number of benzene rings is 1. The Hall–Kier alpha value is -1.07. The lowest BCUT2D eigenvalue weighted by atomic mass is 10.2. The van der Waals surface area contributed by atoms with Crippen LogP contribution in [0.2, 0.25) is 0 Å². The second kappa shape index (κ2) is 5.32. The van der Waals surface area contributed by atoms with Crippen molar-refractivity contribution in [2.75, 3.05) is 7.11 Å². The van der Waals surface area contributed by atoms with Crippen LogP contribution in [0, 0.1) is 0 Å². The fourth-order valence-corrected chi connectivity index (χ4v) is 2.77. The van der Waals surface area contributed by atoms with Gasteiger partial charge >= 0.3 is 0 Å². The lowest BCUT2D eigenvalue weighted by Crippen LogP contribution is -2.31. The van der Waals surface area contributed by atoms with E-state index in [1.54, 1.807) is 45.2 Å². The summed E-state index contributed by atoms with van der Waals surface area (Å²) in [6.07, 6.45) is 0. The van der Waals surface area contributed by atoms with E-state index in [1.165, 1.54) is 0 Å². The molecular weight excluding hydrogens is 226 g/mol. The fourth-order valence-electron chi connectivity index (χ4n) is 1.34. The van der Waals surface area contributed by atoms with Crippen molar-refractivity contribution in [3.63, 3.8) is 0 Å². The van der Waals surface area contributed by atoms with Crippen molar-refractivity contribution in [1.29, 1.82) is 0 Å². The number of nitrogens with one attached hydrogen (secondary N) is 1. The van der Waals surface area contributed by atoms with E-state index in [4.69, 9.17) is 4.74 Å². The highest BCUT2D eigenvalue weighted by atomic mass is 32.2. The highest BCUT2D eigenvalue weighted by Crippen LogP contribution is 2.13. The van der Waals surface area contributed by atoms with Gasteiger partial charge in [0.15, 0.2) is 0 Å². The lowest BCUT2D eigenvalue weighted by Gasteiger charge is -2.09. The normalized spacial score (nSPS) is 11.8. The number of methoxy groups -OCH3 is 1. The maximum absolute atomic E-state index is 11.6. The molecule has 0 aromatic heterocycles. The molecule has 4 nitrogen and oxygen atoms in total. The average Bonchev–Trinajstić information content (AvgIpc) is 2.16. The van der Waals surface area contributed by atoms with Crippen LogP contribution in [0.25, 0.3) is 0 Å². The Labute approximate surface area is 96.7 Å². The van der Waals surface area contributed by atoms with Gasteiger partial charge in [0.2, 0.25) is 10.0 Å². The summed E-state index contributed by atoms with van der Waals surface area (Å²) in [7, 11) is -1.67. The second-order valence-electron chi connectivity index (χ2n) is 3.88. The van der Waals surface area contributed by atoms with Gasteiger partial charge in [-0.1, -0.05) is 12.1 Å². The van der Waals surface area contributed by atoms with Crippen LogP contribution >= 0.6 is 0 Å². The van der Waals surface area contributed by atoms with E-state index < -0.39 is 10.0 Å². The van der Waals surface area contributed by atoms with E-state index in [0.717, 1.165) is 11.3 Å². The zero-order chi connectivity index (χ0) is 12.2. The van der Waals surface area contributed by atoms with Crippen molar-refractivity contribution < 1.29 is 13.2 Å². The van der Waals surface area contributed by atoms with E-state index >= 15 is 0 Å². The summed E-state index contributed by atoms with van der Waals surface area (Å²) >= 11 is 0. The number of hydrogen-bond acceptors (Lipinski definition) is 3. The topological polar surface area (TPSA) is 55.4 Å². The quantitative estimate of drug-likeness (QED) is 0.853. The van der Waals surface area contributed by atoms with Gasteiger partial charge in [-0.3, -0.25) is 0 Å². The third-order valence-electron chi connectivity index (χ3n) is 1.93. The third kappa shape index (κ3) is 4.20. The Morgan fingerprint density at radius 3 is 2.25 bits per heavy atom. The molecule has 1 rings (SSSR count). The van der Waals surface area contributed by atoms with E-state index in [9.17, 15) is 8.42 Å². The summed E-state index contributed by atoms with van der Waals surface area (Å²) in [6.45, 7) is 3.59. The molecule has 0 fully saturated rings. The van der Waals surface area contributed by atoms with Crippen molar-refractivity contribution in [2.24, 2.45) is 0 Å². The Morgan fingerprint density at radius 1 is 1.25 bits per heavy atom. The van der Waals surface area contributed by atoms with Gasteiger partial charge in [0.05, 0.1) is 12.9 Å². The Balaban J connectivity index is 2.72. The van der Waals surface area contributed by atoms with E-state index in [-0.39, 0.29) is 11.8 Å². The number of sulfonamides is 1. The van der Waals surface area contributed by atoms with Crippen LogP contribution in [-0.4, -0.2) is 21.6 Å². The van der Waals surface area contributed by atoms with Gasteiger partial charge in [-0.15, -0.1) is 0 Å². The second-order valence-corrected chi connectivity index (χ2v) is 5.63. The number of rotatable bonds is 5. The first-order chi connectivity index (χ1) is 7.43. The Morgan fingerprint density at radius 2 is 1.81 bits per heavy atom. The molecule has 0 unspecified atom stereocenters. The predicted molar refractivity (Wildman–Crippen MR) is 63.9 cm³/mol. The summed E-state index contributed by atoms with van der Waals surface area (Å²) in [4.78, 5) is 0. The van der Waals surface area contributed by atoms with Gasteiger partial charge in [-0.25, -0.2) is 13.1 Å². The van der Waals surface area contributed by atoms with Gasteiger partial charge in [-0.05, 0) is 31.5 Å². The molecule has 1 aromatic carbocycles. The summed E-state index contributed by atoms with van der Waals surface area (Å²) in [5.41, 5.74) is 0.744. The SMILES string of the molecule is COc1ccc(CS(=O)(=O)NC(C)C)cc1. The zero-order valence-electron chi connectivity index (χ0n) is 9.73. The zero-order valence-corrected chi connectivity index (χ0v) is 10.5. The van der Waals surface area contributed by atoms with Gasteiger partial charge in [0.1, 0.15) is 5.75 Å². The standard InChI is InChI=1S/C11H17NO3S/c1-9(2)12-16(13,14)8-10-4-6-11(15-3)7-5-10/h4-7,9,12H,8H2,1-3H3. The molecule has 1 aromatic rings. The minimum Gasteiger partial charge on any atom is -0.497 e. The van der Waals surface area contributed by atoms with Gasteiger partial charge < -0.3 is 4.74 Å². The van der Waals surface area contributed by atoms with Crippen LogP contribution in [0.15, 0.2) is 24.3 Å². The molecule has 0 saturated heterocycles. The van der Waals surface area contributed by atoms with Crippen LogP contribution < -0.4 is 9.46 Å². The van der Waals surface area contributed by atoms with Crippen molar-refractivity contribution in [2.45, 2.75) is 25.6 Å².